The van der Waals surface area contributed by atoms with E-state index in [-0.39, 0.29) is 5.75 Å². The number of rotatable bonds is 2. The summed E-state index contributed by atoms with van der Waals surface area (Å²) in [5, 5.41) is 10.3. The van der Waals surface area contributed by atoms with Crippen molar-refractivity contribution < 1.29 is 14.1 Å². The highest BCUT2D eigenvalue weighted by atomic mass is 79.9. The Morgan fingerprint density at radius 1 is 1.62 bits per heavy atom. The first kappa shape index (κ1) is 9.91. The topological polar surface area (TPSA) is 52.4 Å². The van der Waals surface area contributed by atoms with E-state index in [4.69, 9.17) is 0 Å². The van der Waals surface area contributed by atoms with Crippen LogP contribution in [-0.2, 0) is 0 Å². The molecule has 0 radical (unpaired) electrons. The first-order chi connectivity index (χ1) is 6.07. The highest BCUT2D eigenvalue weighted by Crippen LogP contribution is 2.33. The second-order valence-corrected chi connectivity index (χ2v) is 3.03. The number of benzene rings is 1. The summed E-state index contributed by atoms with van der Waals surface area (Å²) in [4.78, 5) is 9.49. The molecule has 13 heavy (non-hydrogen) atoms. The fourth-order valence-corrected chi connectivity index (χ4v) is 1.32. The minimum atomic E-state index is -0.970. The molecule has 0 aromatic heterocycles. The molecule has 6 heteroatoms. The van der Waals surface area contributed by atoms with E-state index in [9.17, 15) is 14.5 Å². The number of halogens is 2. The second kappa shape index (κ2) is 3.69. The van der Waals surface area contributed by atoms with Gasteiger partial charge in [0.2, 0.25) is 5.82 Å². The molecule has 0 aliphatic heterocycles. The molecule has 70 valence electrons. The maximum atomic E-state index is 13.2. The van der Waals surface area contributed by atoms with E-state index >= 15 is 0 Å². The fraction of sp³-hybridized carbons (Fsp3) is 0.143. The normalized spacial score (nSPS) is 9.77. The van der Waals surface area contributed by atoms with Crippen LogP contribution in [0.25, 0.3) is 0 Å². The lowest BCUT2D eigenvalue weighted by Gasteiger charge is -2.03. The van der Waals surface area contributed by atoms with Crippen LogP contribution in [0.2, 0.25) is 0 Å². The molecule has 0 N–H and O–H groups in total. The highest BCUT2D eigenvalue weighted by Gasteiger charge is 2.20. The van der Waals surface area contributed by atoms with Gasteiger partial charge in [-0.3, -0.25) is 10.1 Å². The third-order valence-corrected chi connectivity index (χ3v) is 2.05. The summed E-state index contributed by atoms with van der Waals surface area (Å²) in [6.45, 7) is 0. The average molecular weight is 250 g/mol. The van der Waals surface area contributed by atoms with Crippen molar-refractivity contribution >= 4 is 21.6 Å². The van der Waals surface area contributed by atoms with Gasteiger partial charge in [0.25, 0.3) is 0 Å². The number of methoxy groups -OCH3 is 1. The Kier molecular flexibility index (Phi) is 2.82. The fourth-order valence-electron chi connectivity index (χ4n) is 0.850. The van der Waals surface area contributed by atoms with Crippen LogP contribution in [0.5, 0.6) is 5.75 Å². The third kappa shape index (κ3) is 1.77. The maximum Gasteiger partial charge on any atom is 0.308 e. The van der Waals surface area contributed by atoms with E-state index in [0.29, 0.717) is 4.47 Å². The second-order valence-electron chi connectivity index (χ2n) is 2.17. The monoisotopic (exact) mass is 249 g/mol. The molecule has 0 aliphatic rings. The average Bonchev–Trinajstić information content (AvgIpc) is 2.04. The number of nitro benzene ring substituents is 1. The van der Waals surface area contributed by atoms with Crippen LogP contribution in [0.15, 0.2) is 16.6 Å². The van der Waals surface area contributed by atoms with Crippen LogP contribution in [0, 0.1) is 15.9 Å². The van der Waals surface area contributed by atoms with E-state index in [2.05, 4.69) is 20.7 Å². The van der Waals surface area contributed by atoms with Gasteiger partial charge in [0.15, 0.2) is 5.75 Å². The number of ether oxygens (including phenoxy) is 1. The molecule has 1 rings (SSSR count). The van der Waals surface area contributed by atoms with Crippen LogP contribution in [0.1, 0.15) is 0 Å². The van der Waals surface area contributed by atoms with Gasteiger partial charge < -0.3 is 4.74 Å². The molecular weight excluding hydrogens is 245 g/mol. The lowest BCUT2D eigenvalue weighted by molar-refractivity contribution is -0.387. The van der Waals surface area contributed by atoms with E-state index in [1.807, 2.05) is 0 Å². The predicted octanol–water partition coefficient (Wildman–Crippen LogP) is 2.51. The maximum absolute atomic E-state index is 13.2. The van der Waals surface area contributed by atoms with Crippen molar-refractivity contribution in [1.82, 2.24) is 0 Å². The first-order valence-corrected chi connectivity index (χ1v) is 4.03. The van der Waals surface area contributed by atoms with Gasteiger partial charge in [-0.2, -0.15) is 4.39 Å². The Morgan fingerprint density at radius 3 is 2.69 bits per heavy atom. The Morgan fingerprint density at radius 2 is 2.23 bits per heavy atom. The van der Waals surface area contributed by atoms with E-state index in [0.717, 1.165) is 6.07 Å². The van der Waals surface area contributed by atoms with E-state index < -0.39 is 16.4 Å². The van der Waals surface area contributed by atoms with Crippen LogP contribution in [0.4, 0.5) is 10.1 Å². The molecule has 0 amide bonds. The molecule has 0 bridgehead atoms. The number of nitro groups is 1. The Bertz CT molecular complexity index is 356. The van der Waals surface area contributed by atoms with Crippen molar-refractivity contribution in [3.05, 3.63) is 32.5 Å². The summed E-state index contributed by atoms with van der Waals surface area (Å²) in [6.07, 6.45) is 0. The van der Waals surface area contributed by atoms with Gasteiger partial charge in [-0.05, 0) is 22.0 Å². The molecule has 1 aromatic carbocycles. The highest BCUT2D eigenvalue weighted by molar-refractivity contribution is 9.10. The number of hydrogen-bond donors (Lipinski definition) is 0. The third-order valence-electron chi connectivity index (χ3n) is 1.43. The Labute approximate surface area is 81.6 Å². The molecule has 0 fully saturated rings. The van der Waals surface area contributed by atoms with Gasteiger partial charge in [0.1, 0.15) is 0 Å². The molecule has 0 saturated carbocycles. The standard InChI is InChI=1S/C7H5BrFNO3/c1-13-7-4(8)2-3-5(6(7)9)10(11)12/h2-3H,1H3. The zero-order valence-corrected chi connectivity index (χ0v) is 8.17. The van der Waals surface area contributed by atoms with E-state index in [1.54, 1.807) is 0 Å². The smallest absolute Gasteiger partial charge is 0.308 e. The van der Waals surface area contributed by atoms with Crippen molar-refractivity contribution in [2.75, 3.05) is 7.11 Å². The SMILES string of the molecule is COc1c(Br)ccc([N+](=O)[O-])c1F. The molecular formula is C7H5BrFNO3. The molecule has 0 spiro atoms. The Hall–Kier alpha value is -1.17. The molecule has 1 aromatic rings. The van der Waals surface area contributed by atoms with Crippen LogP contribution in [0.3, 0.4) is 0 Å². The van der Waals surface area contributed by atoms with Crippen LogP contribution >= 0.6 is 15.9 Å². The summed E-state index contributed by atoms with van der Waals surface area (Å²) >= 11 is 3.00. The van der Waals surface area contributed by atoms with Gasteiger partial charge in [-0.25, -0.2) is 0 Å². The van der Waals surface area contributed by atoms with Crippen LogP contribution in [-0.4, -0.2) is 12.0 Å². The minimum absolute atomic E-state index is 0.158. The molecule has 0 atom stereocenters. The van der Waals surface area contributed by atoms with Gasteiger partial charge in [-0.1, -0.05) is 0 Å². The van der Waals surface area contributed by atoms with Crippen molar-refractivity contribution in [2.45, 2.75) is 0 Å². The Balaban J connectivity index is 3.35. The summed E-state index contributed by atoms with van der Waals surface area (Å²) in [7, 11) is 1.24. The number of hydrogen-bond acceptors (Lipinski definition) is 3. The zero-order valence-electron chi connectivity index (χ0n) is 6.58. The first-order valence-electron chi connectivity index (χ1n) is 3.24. The molecule has 0 heterocycles. The quantitative estimate of drug-likeness (QED) is 0.598. The summed E-state index contributed by atoms with van der Waals surface area (Å²) in [6, 6.07) is 2.43. The van der Waals surface area contributed by atoms with Gasteiger partial charge in [-0.15, -0.1) is 0 Å². The predicted molar refractivity (Wildman–Crippen MR) is 47.3 cm³/mol. The van der Waals surface area contributed by atoms with Crippen LogP contribution < -0.4 is 4.74 Å². The van der Waals surface area contributed by atoms with Gasteiger partial charge in [0, 0.05) is 6.07 Å². The van der Waals surface area contributed by atoms with E-state index in [1.165, 1.54) is 13.2 Å². The van der Waals surface area contributed by atoms with Crippen molar-refractivity contribution in [3.8, 4) is 5.75 Å². The summed E-state index contributed by atoms with van der Waals surface area (Å²) in [5.41, 5.74) is -0.597. The van der Waals surface area contributed by atoms with Gasteiger partial charge >= 0.3 is 5.69 Å². The van der Waals surface area contributed by atoms with Crippen molar-refractivity contribution in [1.29, 1.82) is 0 Å². The summed E-state index contributed by atoms with van der Waals surface area (Å²) in [5.74, 6) is -1.13. The lowest BCUT2D eigenvalue weighted by Crippen LogP contribution is -1.96. The lowest BCUT2D eigenvalue weighted by atomic mass is 10.3. The minimum Gasteiger partial charge on any atom is -0.492 e. The number of nitrogens with zero attached hydrogens (tertiary/aromatic N) is 1. The largest absolute Gasteiger partial charge is 0.492 e. The summed E-state index contributed by atoms with van der Waals surface area (Å²) < 4.78 is 18.2. The molecule has 0 unspecified atom stereocenters. The van der Waals surface area contributed by atoms with Crippen molar-refractivity contribution in [3.63, 3.8) is 0 Å². The molecule has 0 saturated heterocycles. The molecule has 4 nitrogen and oxygen atoms in total. The van der Waals surface area contributed by atoms with Gasteiger partial charge in [0.05, 0.1) is 16.5 Å². The molecule has 0 aliphatic carbocycles. The zero-order chi connectivity index (χ0) is 10.0. The van der Waals surface area contributed by atoms with Crippen molar-refractivity contribution in [2.24, 2.45) is 0 Å².